The first-order chi connectivity index (χ1) is 15.8. The van der Waals surface area contributed by atoms with Crippen molar-refractivity contribution in [3.63, 3.8) is 0 Å². The molecule has 0 aliphatic rings. The summed E-state index contributed by atoms with van der Waals surface area (Å²) in [5.74, 6) is -0.945. The molecule has 0 aliphatic heterocycles. The highest BCUT2D eigenvalue weighted by molar-refractivity contribution is 5.98. The molecule has 3 aromatic rings. The molecule has 3 amide bonds. The maximum Gasteiger partial charge on any atom is 0.254 e. The molecule has 3 rings (SSSR count). The minimum atomic E-state index is -0.711. The summed E-state index contributed by atoms with van der Waals surface area (Å²) < 4.78 is 0. The normalized spacial score (nSPS) is 9.94. The number of anilines is 6. The van der Waals surface area contributed by atoms with Gasteiger partial charge in [-0.2, -0.15) is 10.2 Å². The Kier molecular flexibility index (Phi) is 7.13. The van der Waals surface area contributed by atoms with Crippen molar-refractivity contribution in [2.45, 2.75) is 13.3 Å². The molecule has 2 aromatic carbocycles. The van der Waals surface area contributed by atoms with Crippen molar-refractivity contribution in [3.8, 4) is 6.07 Å². The van der Waals surface area contributed by atoms with Gasteiger partial charge in [-0.05, 0) is 42.5 Å². The Balaban J connectivity index is 1.80. The third-order valence-electron chi connectivity index (χ3n) is 4.16. The predicted octanol–water partition coefficient (Wildman–Crippen LogP) is 2.87. The van der Waals surface area contributed by atoms with E-state index in [0.29, 0.717) is 22.7 Å². The molecule has 0 atom stereocenters. The van der Waals surface area contributed by atoms with Gasteiger partial charge in [0.05, 0.1) is 6.07 Å². The molecule has 11 nitrogen and oxygen atoms in total. The minimum Gasteiger partial charge on any atom is -0.365 e. The number of nitriles is 1. The molecular formula is C22H20N8O3. The van der Waals surface area contributed by atoms with Crippen LogP contribution in [0.5, 0.6) is 0 Å². The summed E-state index contributed by atoms with van der Waals surface area (Å²) in [5.41, 5.74) is 7.84. The number of carbonyl (C=O) groups is 3. The zero-order chi connectivity index (χ0) is 23.8. The summed E-state index contributed by atoms with van der Waals surface area (Å²) in [6.07, 6.45) is 1.06. The summed E-state index contributed by atoms with van der Waals surface area (Å²) in [4.78, 5) is 43.1. The summed E-state index contributed by atoms with van der Waals surface area (Å²) >= 11 is 0. The fourth-order valence-electron chi connectivity index (χ4n) is 2.78. The molecule has 0 aliphatic carbocycles. The van der Waals surface area contributed by atoms with Gasteiger partial charge in [0.1, 0.15) is 17.8 Å². The van der Waals surface area contributed by atoms with Crippen molar-refractivity contribution >= 4 is 52.2 Å². The smallest absolute Gasteiger partial charge is 0.254 e. The summed E-state index contributed by atoms with van der Waals surface area (Å²) in [7, 11) is 0. The van der Waals surface area contributed by atoms with Crippen LogP contribution in [0.3, 0.4) is 0 Å². The van der Waals surface area contributed by atoms with Gasteiger partial charge in [-0.25, -0.2) is 4.98 Å². The molecule has 0 saturated carbocycles. The third-order valence-corrected chi connectivity index (χ3v) is 4.16. The van der Waals surface area contributed by atoms with Crippen LogP contribution < -0.4 is 27.0 Å². The lowest BCUT2D eigenvalue weighted by Crippen LogP contribution is -2.16. The van der Waals surface area contributed by atoms with Gasteiger partial charge in [0.25, 0.3) is 5.91 Å². The van der Waals surface area contributed by atoms with E-state index in [1.54, 1.807) is 54.6 Å². The van der Waals surface area contributed by atoms with E-state index in [2.05, 4.69) is 31.2 Å². The Morgan fingerprint density at radius 3 is 2.33 bits per heavy atom. The van der Waals surface area contributed by atoms with Gasteiger partial charge in [-0.1, -0.05) is 6.07 Å². The molecule has 33 heavy (non-hydrogen) atoms. The highest BCUT2D eigenvalue weighted by atomic mass is 16.2. The standard InChI is InChI=1S/C22H20N8O3/c1-13(31)26-16-3-2-4-17(11-16)29-22-25-12-18(20(24)33)21(30-22)28-15-7-5-14(6-8-15)27-19(32)9-10-23/h2-8,11-12H,9H2,1H3,(H2,24,33)(H,26,31)(H,27,32)(H2,25,28,29,30). The minimum absolute atomic E-state index is 0.0824. The topological polar surface area (TPSA) is 175 Å². The zero-order valence-corrected chi connectivity index (χ0v) is 17.5. The molecule has 0 bridgehead atoms. The van der Waals surface area contributed by atoms with E-state index in [1.165, 1.54) is 13.1 Å². The largest absolute Gasteiger partial charge is 0.365 e. The molecule has 1 aromatic heterocycles. The second-order valence-corrected chi connectivity index (χ2v) is 6.79. The Morgan fingerprint density at radius 2 is 1.67 bits per heavy atom. The SMILES string of the molecule is CC(=O)Nc1cccc(Nc2ncc(C(N)=O)c(Nc3ccc(NC(=O)CC#N)cc3)n2)c1. The summed E-state index contributed by atoms with van der Waals surface area (Å²) in [6.45, 7) is 1.41. The molecule has 0 fully saturated rings. The molecular weight excluding hydrogens is 424 g/mol. The molecule has 6 N–H and O–H groups in total. The van der Waals surface area contributed by atoms with Crippen LogP contribution in [-0.2, 0) is 9.59 Å². The van der Waals surface area contributed by atoms with Crippen LogP contribution in [0, 0.1) is 11.3 Å². The van der Waals surface area contributed by atoms with Crippen LogP contribution in [-0.4, -0.2) is 27.7 Å². The lowest BCUT2D eigenvalue weighted by molar-refractivity contribution is -0.115. The second-order valence-electron chi connectivity index (χ2n) is 6.79. The highest BCUT2D eigenvalue weighted by Crippen LogP contribution is 2.23. The molecule has 0 unspecified atom stereocenters. The fourth-order valence-corrected chi connectivity index (χ4v) is 2.78. The van der Waals surface area contributed by atoms with Crippen LogP contribution >= 0.6 is 0 Å². The maximum atomic E-state index is 11.8. The fraction of sp³-hybridized carbons (Fsp3) is 0.0909. The van der Waals surface area contributed by atoms with Crippen molar-refractivity contribution in [2.75, 3.05) is 21.3 Å². The van der Waals surface area contributed by atoms with Crippen LogP contribution in [0.4, 0.5) is 34.5 Å². The number of nitrogens with one attached hydrogen (secondary N) is 4. The average Bonchev–Trinajstić information content (AvgIpc) is 2.75. The number of aromatic nitrogens is 2. The summed E-state index contributed by atoms with van der Waals surface area (Å²) in [5, 5.41) is 19.9. The van der Waals surface area contributed by atoms with Gasteiger partial charge in [0.2, 0.25) is 17.8 Å². The number of hydrogen-bond acceptors (Lipinski definition) is 8. The number of hydrogen-bond donors (Lipinski definition) is 5. The van der Waals surface area contributed by atoms with E-state index in [4.69, 9.17) is 11.0 Å². The Morgan fingerprint density at radius 1 is 0.970 bits per heavy atom. The first kappa shape index (κ1) is 22.7. The van der Waals surface area contributed by atoms with E-state index in [0.717, 1.165) is 0 Å². The molecule has 11 heteroatoms. The van der Waals surface area contributed by atoms with E-state index in [9.17, 15) is 14.4 Å². The Labute approximate surface area is 189 Å². The average molecular weight is 444 g/mol. The molecule has 166 valence electrons. The quantitative estimate of drug-likeness (QED) is 0.352. The van der Waals surface area contributed by atoms with Crippen LogP contribution in [0.25, 0.3) is 0 Å². The van der Waals surface area contributed by atoms with Gasteiger partial charge < -0.3 is 27.0 Å². The van der Waals surface area contributed by atoms with E-state index < -0.39 is 11.8 Å². The second kappa shape index (κ2) is 10.4. The summed E-state index contributed by atoms with van der Waals surface area (Å²) in [6, 6.07) is 15.3. The number of benzene rings is 2. The number of primary amides is 1. The van der Waals surface area contributed by atoms with Crippen molar-refractivity contribution in [1.29, 1.82) is 5.26 Å². The lowest BCUT2D eigenvalue weighted by atomic mass is 10.2. The van der Waals surface area contributed by atoms with E-state index in [1.807, 2.05) is 0 Å². The number of nitrogens with two attached hydrogens (primary N) is 1. The van der Waals surface area contributed by atoms with Crippen LogP contribution in [0.1, 0.15) is 23.7 Å². The molecule has 1 heterocycles. The number of carbonyl (C=O) groups excluding carboxylic acids is 3. The highest BCUT2D eigenvalue weighted by Gasteiger charge is 2.13. The van der Waals surface area contributed by atoms with Gasteiger partial charge in [0, 0.05) is 35.9 Å². The third kappa shape index (κ3) is 6.50. The Bertz CT molecular complexity index is 1240. The van der Waals surface area contributed by atoms with Crippen LogP contribution in [0.15, 0.2) is 54.7 Å². The van der Waals surface area contributed by atoms with Crippen molar-refractivity contribution < 1.29 is 14.4 Å². The molecule has 0 saturated heterocycles. The molecule has 0 radical (unpaired) electrons. The number of rotatable bonds is 8. The predicted molar refractivity (Wildman–Crippen MR) is 123 cm³/mol. The first-order valence-electron chi connectivity index (χ1n) is 9.69. The first-order valence-corrected chi connectivity index (χ1v) is 9.69. The Hall–Kier alpha value is -4.98. The number of nitrogens with zero attached hydrogens (tertiary/aromatic N) is 3. The van der Waals surface area contributed by atoms with Crippen molar-refractivity contribution in [1.82, 2.24) is 9.97 Å². The van der Waals surface area contributed by atoms with E-state index in [-0.39, 0.29) is 29.7 Å². The van der Waals surface area contributed by atoms with Gasteiger partial charge >= 0.3 is 0 Å². The van der Waals surface area contributed by atoms with Gasteiger partial charge in [-0.15, -0.1) is 0 Å². The maximum absolute atomic E-state index is 11.8. The lowest BCUT2D eigenvalue weighted by Gasteiger charge is -2.12. The van der Waals surface area contributed by atoms with Crippen LogP contribution in [0.2, 0.25) is 0 Å². The molecule has 0 spiro atoms. The van der Waals surface area contributed by atoms with E-state index >= 15 is 0 Å². The monoisotopic (exact) mass is 444 g/mol. The van der Waals surface area contributed by atoms with Crippen molar-refractivity contribution in [2.24, 2.45) is 5.73 Å². The van der Waals surface area contributed by atoms with Crippen molar-refractivity contribution in [3.05, 3.63) is 60.3 Å². The van der Waals surface area contributed by atoms with Gasteiger partial charge in [-0.3, -0.25) is 14.4 Å². The number of amides is 3. The zero-order valence-electron chi connectivity index (χ0n) is 17.5. The van der Waals surface area contributed by atoms with Gasteiger partial charge in [0.15, 0.2) is 0 Å².